The summed E-state index contributed by atoms with van der Waals surface area (Å²) in [5.74, 6) is 0.856. The van der Waals surface area contributed by atoms with E-state index >= 15 is 0 Å². The number of phenolic OH excluding ortho intramolecular Hbond substituents is 1. The van der Waals surface area contributed by atoms with Gasteiger partial charge in [0.15, 0.2) is 0 Å². The second kappa shape index (κ2) is 18.5. The summed E-state index contributed by atoms with van der Waals surface area (Å²) in [4.78, 5) is 10.6. The standard InChI is InChI=1S/C64H64N3O.Pt/c1-41-26-28-43(29-27-41)45-32-33-65-55(37-45)48-35-46(42-20-15-13-16-21-42)34-47(36-48)51-24-19-25-57-58(51)66-60(53-39-50(61(2,3)4)40-54(59(53)68)62(5,6)7)67(57)56-31-30-49(64(11,12)63(8,9)10)38-52(56)44-22-17-14-18-23-44;/h13-35,37-40,68H,1-12H3;/q-1;/i1D3;. The van der Waals surface area contributed by atoms with Crippen molar-refractivity contribution < 1.29 is 30.3 Å². The second-order valence-electron chi connectivity index (χ2n) is 21.9. The molecule has 0 aliphatic rings. The van der Waals surface area contributed by atoms with Crippen molar-refractivity contribution in [1.82, 2.24) is 14.5 Å². The maximum absolute atomic E-state index is 12.7. The molecule has 0 fully saturated rings. The number of aryl methyl sites for hydroxylation is 1. The summed E-state index contributed by atoms with van der Waals surface area (Å²) in [7, 11) is 0. The number of fused-ring (bicyclic) bond motifs is 1. The van der Waals surface area contributed by atoms with Crippen molar-refractivity contribution in [3.63, 3.8) is 0 Å². The third-order valence-corrected chi connectivity index (χ3v) is 14.1. The van der Waals surface area contributed by atoms with Crippen LogP contribution in [0, 0.1) is 18.3 Å². The van der Waals surface area contributed by atoms with E-state index in [2.05, 4.69) is 190 Å². The third-order valence-electron chi connectivity index (χ3n) is 14.1. The molecule has 0 aliphatic heterocycles. The van der Waals surface area contributed by atoms with Crippen LogP contribution in [0.25, 0.3) is 83.9 Å². The van der Waals surface area contributed by atoms with Crippen LogP contribution in [0.5, 0.6) is 5.75 Å². The predicted octanol–water partition coefficient (Wildman–Crippen LogP) is 17.2. The van der Waals surface area contributed by atoms with Crippen LogP contribution in [0.3, 0.4) is 0 Å². The molecule has 4 nitrogen and oxygen atoms in total. The van der Waals surface area contributed by atoms with Gasteiger partial charge in [0, 0.05) is 48.2 Å². The molecule has 0 spiro atoms. The molecule has 0 unspecified atom stereocenters. The number of aromatic nitrogens is 3. The number of aromatic hydroxyl groups is 1. The summed E-state index contributed by atoms with van der Waals surface area (Å²) in [6, 6.07) is 57.6. The Morgan fingerprint density at radius 3 is 1.81 bits per heavy atom. The van der Waals surface area contributed by atoms with Crippen LogP contribution in [0.15, 0.2) is 164 Å². The van der Waals surface area contributed by atoms with E-state index in [0.29, 0.717) is 17.0 Å². The smallest absolute Gasteiger partial charge is 0.148 e. The number of hydrogen-bond acceptors (Lipinski definition) is 3. The first-order valence-electron chi connectivity index (χ1n) is 25.2. The van der Waals surface area contributed by atoms with E-state index in [0.717, 1.165) is 83.6 Å². The topological polar surface area (TPSA) is 50.9 Å². The maximum Gasteiger partial charge on any atom is 0.148 e. The summed E-state index contributed by atoms with van der Waals surface area (Å²) < 4.78 is 25.9. The van der Waals surface area contributed by atoms with E-state index in [1.807, 2.05) is 42.5 Å². The van der Waals surface area contributed by atoms with Crippen molar-refractivity contribution in [3.8, 4) is 78.6 Å². The molecule has 69 heavy (non-hydrogen) atoms. The molecule has 0 bridgehead atoms. The molecule has 352 valence electrons. The fourth-order valence-corrected chi connectivity index (χ4v) is 9.02. The monoisotopic (exact) mass is 1090 g/mol. The van der Waals surface area contributed by atoms with Gasteiger partial charge >= 0.3 is 0 Å². The van der Waals surface area contributed by atoms with Gasteiger partial charge in [-0.1, -0.05) is 214 Å². The van der Waals surface area contributed by atoms with E-state index in [-0.39, 0.29) is 48.5 Å². The number of benzene rings is 7. The van der Waals surface area contributed by atoms with Crippen molar-refractivity contribution in [2.45, 2.75) is 99.3 Å². The summed E-state index contributed by atoms with van der Waals surface area (Å²) in [5.41, 5.74) is 15.2. The molecule has 0 aliphatic carbocycles. The Morgan fingerprint density at radius 1 is 0.536 bits per heavy atom. The Morgan fingerprint density at radius 2 is 1.17 bits per heavy atom. The minimum absolute atomic E-state index is 0. The average molecular weight is 1090 g/mol. The minimum Gasteiger partial charge on any atom is -0.507 e. The van der Waals surface area contributed by atoms with Gasteiger partial charge in [-0.2, -0.15) is 0 Å². The fraction of sp³-hybridized carbons (Fsp3) is 0.250. The molecule has 0 amide bonds. The van der Waals surface area contributed by atoms with Crippen LogP contribution in [0.4, 0.5) is 0 Å². The van der Waals surface area contributed by atoms with Crippen LogP contribution in [0.2, 0.25) is 0 Å². The maximum atomic E-state index is 12.7. The number of nitrogens with zero attached hydrogens (tertiary/aromatic N) is 3. The number of para-hydroxylation sites is 1. The van der Waals surface area contributed by atoms with E-state index in [4.69, 9.17) is 14.1 Å². The predicted molar refractivity (Wildman–Crippen MR) is 287 cm³/mol. The zero-order valence-electron chi connectivity index (χ0n) is 44.7. The van der Waals surface area contributed by atoms with Crippen LogP contribution in [-0.2, 0) is 37.3 Å². The number of rotatable bonds is 8. The summed E-state index contributed by atoms with van der Waals surface area (Å²) in [6.45, 7) is 22.5. The first-order valence-corrected chi connectivity index (χ1v) is 23.7. The van der Waals surface area contributed by atoms with Crippen LogP contribution >= 0.6 is 0 Å². The molecule has 1 N–H and O–H groups in total. The van der Waals surface area contributed by atoms with Crippen molar-refractivity contribution in [2.75, 3.05) is 0 Å². The molecule has 7 aromatic carbocycles. The number of pyridine rings is 1. The molecule has 9 rings (SSSR count). The quantitative estimate of drug-likeness (QED) is 0.154. The Hall–Kier alpha value is -6.35. The van der Waals surface area contributed by atoms with Gasteiger partial charge in [0.1, 0.15) is 11.6 Å². The Balaban J connectivity index is 0.00000693. The first kappa shape index (κ1) is 45.1. The zero-order chi connectivity index (χ0) is 50.8. The van der Waals surface area contributed by atoms with Crippen molar-refractivity contribution >= 4 is 11.0 Å². The Labute approximate surface area is 429 Å². The summed E-state index contributed by atoms with van der Waals surface area (Å²) in [6.07, 6.45) is 1.79. The molecule has 5 heteroatoms. The van der Waals surface area contributed by atoms with Gasteiger partial charge in [0.25, 0.3) is 0 Å². The van der Waals surface area contributed by atoms with E-state index in [9.17, 15) is 5.11 Å². The minimum atomic E-state index is -2.19. The van der Waals surface area contributed by atoms with Crippen LogP contribution < -0.4 is 0 Å². The number of hydrogen-bond donors (Lipinski definition) is 1. The van der Waals surface area contributed by atoms with Gasteiger partial charge in [-0.25, -0.2) is 4.98 Å². The van der Waals surface area contributed by atoms with Gasteiger partial charge in [0.05, 0.1) is 22.3 Å². The van der Waals surface area contributed by atoms with E-state index in [1.165, 1.54) is 5.56 Å². The number of phenols is 1. The zero-order valence-corrected chi connectivity index (χ0v) is 44.0. The van der Waals surface area contributed by atoms with Gasteiger partial charge in [-0.05, 0) is 92.2 Å². The third kappa shape index (κ3) is 9.54. The molecule has 0 radical (unpaired) electrons. The Bertz CT molecular complexity index is 3430. The van der Waals surface area contributed by atoms with Crippen molar-refractivity contribution in [3.05, 3.63) is 192 Å². The largest absolute Gasteiger partial charge is 0.507 e. The average Bonchev–Trinajstić information content (AvgIpc) is 3.72. The van der Waals surface area contributed by atoms with E-state index in [1.54, 1.807) is 18.3 Å². The van der Waals surface area contributed by atoms with Crippen molar-refractivity contribution in [1.29, 1.82) is 0 Å². The molecule has 0 saturated carbocycles. The molecule has 9 aromatic rings. The summed E-state index contributed by atoms with van der Waals surface area (Å²) in [5, 5.41) is 12.7. The van der Waals surface area contributed by atoms with Crippen LogP contribution in [-0.4, -0.2) is 19.6 Å². The van der Waals surface area contributed by atoms with Gasteiger partial charge in [-0.3, -0.25) is 9.55 Å². The molecule has 0 atom stereocenters. The fourth-order valence-electron chi connectivity index (χ4n) is 9.02. The molecule has 2 aromatic heterocycles. The normalized spacial score (nSPS) is 13.1. The molecular formula is C64H64N3OPt-. The SMILES string of the molecule is [2H]C([2H])([2H])c1ccc(-c2ccnc(-c3[c-]c(-c4cccc5c4nc(-c4cc(C(C)(C)C)cc(C(C)(C)C)c4O)n5-c4ccc(C(C)(C)C(C)(C)C)cc4-c4ccccc4)cc(-c4ccccc4)c3)c2)cc1.[Pt]. The van der Waals surface area contributed by atoms with Crippen LogP contribution in [0.1, 0.15) is 103 Å². The second-order valence-corrected chi connectivity index (χ2v) is 21.9. The first-order chi connectivity index (χ1) is 33.4. The van der Waals surface area contributed by atoms with Gasteiger partial charge in [-0.15, -0.1) is 23.8 Å². The van der Waals surface area contributed by atoms with E-state index < -0.39 is 6.85 Å². The van der Waals surface area contributed by atoms with Gasteiger partial charge < -0.3 is 5.11 Å². The summed E-state index contributed by atoms with van der Waals surface area (Å²) >= 11 is 0. The molecular weight excluding hydrogens is 1020 g/mol. The van der Waals surface area contributed by atoms with Gasteiger partial charge in [0.2, 0.25) is 0 Å². The van der Waals surface area contributed by atoms with Crippen molar-refractivity contribution in [2.24, 2.45) is 5.41 Å². The number of imidazole rings is 1. The molecule has 2 heterocycles. The molecule has 0 saturated heterocycles. The Kier molecular flexibility index (Phi) is 12.1.